The topological polar surface area (TPSA) is 69.6 Å². The van der Waals surface area contributed by atoms with E-state index in [0.29, 0.717) is 17.5 Å². The van der Waals surface area contributed by atoms with Gasteiger partial charge in [0, 0.05) is 44.1 Å². The van der Waals surface area contributed by atoms with E-state index in [2.05, 4.69) is 121 Å². The van der Waals surface area contributed by atoms with Gasteiger partial charge in [-0.05, 0) is 71.7 Å². The van der Waals surface area contributed by atoms with Crippen LogP contribution in [-0.2, 0) is 5.41 Å². The third kappa shape index (κ3) is 4.21. The van der Waals surface area contributed by atoms with Crippen molar-refractivity contribution in [1.82, 2.24) is 24.5 Å². The van der Waals surface area contributed by atoms with E-state index in [1.165, 1.54) is 28.5 Å². The molecule has 50 heavy (non-hydrogen) atoms. The largest absolute Gasteiger partial charge is 0.443 e. The zero-order valence-corrected chi connectivity index (χ0v) is 27.7. The summed E-state index contributed by atoms with van der Waals surface area (Å²) in [5.41, 5.74) is 13.6. The van der Waals surface area contributed by atoms with Crippen LogP contribution in [0.5, 0.6) is 0 Å². The zero-order chi connectivity index (χ0) is 33.6. The first-order valence-corrected chi connectivity index (χ1v) is 16.9. The summed E-state index contributed by atoms with van der Waals surface area (Å²) in [5.74, 6) is 1.91. The number of oxazole rings is 1. The summed E-state index contributed by atoms with van der Waals surface area (Å²) in [6, 6.07) is 36.3. The molecular formula is C44H31N5O. The average Bonchev–Trinajstić information content (AvgIpc) is 3.83. The van der Waals surface area contributed by atoms with Crippen LogP contribution in [0.2, 0.25) is 0 Å². The van der Waals surface area contributed by atoms with E-state index in [0.717, 1.165) is 67.5 Å². The number of benzene rings is 5. The Morgan fingerprint density at radius 3 is 2.36 bits per heavy atom. The second-order valence-corrected chi connectivity index (χ2v) is 13.7. The third-order valence-electron chi connectivity index (χ3n) is 10.3. The molecule has 0 unspecified atom stereocenters. The van der Waals surface area contributed by atoms with Crippen LogP contribution in [0.1, 0.15) is 37.2 Å². The molecule has 0 atom stereocenters. The van der Waals surface area contributed by atoms with Crippen molar-refractivity contribution in [3.63, 3.8) is 0 Å². The zero-order valence-electron chi connectivity index (χ0n) is 27.7. The summed E-state index contributed by atoms with van der Waals surface area (Å²) in [7, 11) is 0. The van der Waals surface area contributed by atoms with Crippen LogP contribution in [0, 0.1) is 0 Å². The van der Waals surface area contributed by atoms with E-state index in [1.54, 1.807) is 0 Å². The predicted molar refractivity (Wildman–Crippen MR) is 201 cm³/mol. The van der Waals surface area contributed by atoms with Gasteiger partial charge in [0.05, 0.1) is 11.0 Å². The summed E-state index contributed by atoms with van der Waals surface area (Å²) >= 11 is 0. The lowest BCUT2D eigenvalue weighted by atomic mass is 9.82. The van der Waals surface area contributed by atoms with Gasteiger partial charge in [-0.15, -0.1) is 0 Å². The Kier molecular flexibility index (Phi) is 6.03. The summed E-state index contributed by atoms with van der Waals surface area (Å²) < 4.78 is 8.28. The number of rotatable bonds is 4. The van der Waals surface area contributed by atoms with Gasteiger partial charge in [-0.3, -0.25) is 0 Å². The first-order chi connectivity index (χ1) is 24.4. The predicted octanol–water partition coefficient (Wildman–Crippen LogP) is 10.6. The molecule has 2 aliphatic rings. The maximum Gasteiger partial charge on any atom is 0.182 e. The van der Waals surface area contributed by atoms with Crippen molar-refractivity contribution in [1.29, 1.82) is 0 Å². The molecule has 6 nitrogen and oxygen atoms in total. The average molecular weight is 646 g/mol. The summed E-state index contributed by atoms with van der Waals surface area (Å²) in [6.45, 7) is 8.77. The molecule has 0 amide bonds. The van der Waals surface area contributed by atoms with Crippen molar-refractivity contribution in [2.24, 2.45) is 0 Å². The van der Waals surface area contributed by atoms with Crippen molar-refractivity contribution in [3.05, 3.63) is 157 Å². The number of fused-ring (bicyclic) bond motifs is 8. The molecule has 5 aromatic carbocycles. The number of aromatic nitrogens is 5. The monoisotopic (exact) mass is 645 g/mol. The highest BCUT2D eigenvalue weighted by molar-refractivity contribution is 6.10. The van der Waals surface area contributed by atoms with Gasteiger partial charge in [-0.1, -0.05) is 98.8 Å². The number of nitrogens with zero attached hydrogens (tertiary/aromatic N) is 5. The molecule has 0 saturated carbocycles. The van der Waals surface area contributed by atoms with E-state index in [9.17, 15) is 0 Å². The minimum atomic E-state index is -0.199. The van der Waals surface area contributed by atoms with Gasteiger partial charge in [-0.2, -0.15) is 0 Å². The Hall–Kier alpha value is -6.40. The van der Waals surface area contributed by atoms with Gasteiger partial charge < -0.3 is 8.98 Å². The number of hydrogen-bond acceptors (Lipinski definition) is 5. The van der Waals surface area contributed by atoms with Gasteiger partial charge >= 0.3 is 0 Å². The molecule has 3 aromatic heterocycles. The Morgan fingerprint density at radius 1 is 0.720 bits per heavy atom. The van der Waals surface area contributed by atoms with Gasteiger partial charge in [-0.25, -0.2) is 19.9 Å². The highest BCUT2D eigenvalue weighted by Gasteiger charge is 2.38. The lowest BCUT2D eigenvalue weighted by Crippen LogP contribution is -2.15. The van der Waals surface area contributed by atoms with Crippen LogP contribution >= 0.6 is 0 Å². The molecule has 0 bridgehead atoms. The molecule has 0 N–H and O–H groups in total. The van der Waals surface area contributed by atoms with Crippen molar-refractivity contribution in [3.8, 4) is 39.6 Å². The summed E-state index contributed by atoms with van der Waals surface area (Å²) in [4.78, 5) is 19.4. The second kappa shape index (κ2) is 10.5. The van der Waals surface area contributed by atoms with E-state index >= 15 is 0 Å². The van der Waals surface area contributed by atoms with Gasteiger partial charge in [0.25, 0.3) is 0 Å². The van der Waals surface area contributed by atoms with Crippen LogP contribution in [0.4, 0.5) is 0 Å². The molecule has 6 heteroatoms. The van der Waals surface area contributed by atoms with Crippen molar-refractivity contribution in [2.75, 3.05) is 0 Å². The Balaban J connectivity index is 1.15. The minimum absolute atomic E-state index is 0.199. The molecule has 10 rings (SSSR count). The molecule has 3 heterocycles. The normalized spacial score (nSPS) is 14.8. The lowest BCUT2D eigenvalue weighted by Gasteiger charge is -2.22. The molecule has 0 aliphatic heterocycles. The second-order valence-electron chi connectivity index (χ2n) is 13.7. The highest BCUT2D eigenvalue weighted by atomic mass is 16.3. The third-order valence-corrected chi connectivity index (χ3v) is 10.3. The smallest absolute Gasteiger partial charge is 0.182 e. The fourth-order valence-electron chi connectivity index (χ4n) is 7.81. The molecular weight excluding hydrogens is 615 g/mol. The molecule has 0 fully saturated rings. The first kappa shape index (κ1) is 28.6. The maximum atomic E-state index is 5.91. The maximum absolute atomic E-state index is 5.91. The van der Waals surface area contributed by atoms with Gasteiger partial charge in [0.1, 0.15) is 5.52 Å². The first-order valence-electron chi connectivity index (χ1n) is 16.9. The molecule has 0 radical (unpaired) electrons. The molecule has 0 spiro atoms. The lowest BCUT2D eigenvalue weighted by molar-refractivity contribution is 0.601. The molecule has 238 valence electrons. The number of para-hydroxylation sites is 1. The highest BCUT2D eigenvalue weighted by Crippen LogP contribution is 2.52. The molecule has 2 aliphatic carbocycles. The Labute approximate surface area is 288 Å². The van der Waals surface area contributed by atoms with Crippen LogP contribution in [-0.4, -0.2) is 24.5 Å². The molecule has 0 saturated heterocycles. The van der Waals surface area contributed by atoms with E-state index < -0.39 is 0 Å². The van der Waals surface area contributed by atoms with Crippen molar-refractivity contribution in [2.45, 2.75) is 25.7 Å². The summed E-state index contributed by atoms with van der Waals surface area (Å²) in [5, 5.41) is 2.31. The van der Waals surface area contributed by atoms with Crippen LogP contribution in [0.3, 0.4) is 0 Å². The van der Waals surface area contributed by atoms with Crippen molar-refractivity contribution < 1.29 is 4.42 Å². The molecule has 8 aromatic rings. The fourth-order valence-corrected chi connectivity index (χ4v) is 7.81. The van der Waals surface area contributed by atoms with Crippen molar-refractivity contribution >= 4 is 38.5 Å². The van der Waals surface area contributed by atoms with Crippen LogP contribution < -0.4 is 0 Å². The van der Waals surface area contributed by atoms with E-state index in [-0.39, 0.29) is 5.41 Å². The minimum Gasteiger partial charge on any atom is -0.443 e. The van der Waals surface area contributed by atoms with Gasteiger partial charge in [0.15, 0.2) is 29.4 Å². The van der Waals surface area contributed by atoms with Crippen LogP contribution in [0.15, 0.2) is 144 Å². The fraction of sp³-hybridized carbons (Fsp3) is 0.0909. The standard InChI is InChI=1S/C44H31N5O/c1-26-10-9-13-28(22-26)42-46-41(27-11-5-4-6-12-27)47-43(48-42)29-16-21-38-33(23-29)31-14-7-8-15-37(31)49(38)30-17-18-32-35(24-30)44(2,3)34-19-20-36-40(39(32)34)50-25-45-36/h4-9,11-25H,1,10H2,2-3H3. The van der Waals surface area contributed by atoms with Gasteiger partial charge in [0.2, 0.25) is 0 Å². The Morgan fingerprint density at radius 2 is 1.50 bits per heavy atom. The van der Waals surface area contributed by atoms with E-state index in [4.69, 9.17) is 19.4 Å². The Bertz CT molecular complexity index is 2780. The SMILES string of the molecule is C=C1C=C(c2nc(-c3ccccc3)nc(-c3ccc4c(c3)c3ccccc3n4-c3ccc4c(c3)C(C)(C)c3ccc5ncoc5c3-4)n2)C=CC1. The number of hydrogen-bond donors (Lipinski definition) is 0. The van der Waals surface area contributed by atoms with Crippen LogP contribution in [0.25, 0.3) is 78.1 Å². The summed E-state index contributed by atoms with van der Waals surface area (Å²) in [6.07, 6.45) is 8.61. The number of allylic oxidation sites excluding steroid dienone is 5. The quantitative estimate of drug-likeness (QED) is 0.190. The van der Waals surface area contributed by atoms with E-state index in [1.807, 2.05) is 30.3 Å².